The van der Waals surface area contributed by atoms with Gasteiger partial charge in [0, 0.05) is 63.8 Å². The van der Waals surface area contributed by atoms with E-state index in [-0.39, 0.29) is 23.9 Å². The zero-order chi connectivity index (χ0) is 26.4. The van der Waals surface area contributed by atoms with Crippen LogP contribution in [0.15, 0.2) is 72.8 Å². The number of rotatable bonds is 9. The van der Waals surface area contributed by atoms with Crippen LogP contribution in [0.5, 0.6) is 5.75 Å². The quantitative estimate of drug-likeness (QED) is 0.446. The Morgan fingerprint density at radius 2 is 1.54 bits per heavy atom. The van der Waals surface area contributed by atoms with Gasteiger partial charge in [0.2, 0.25) is 0 Å². The molecule has 7 heteroatoms. The van der Waals surface area contributed by atoms with Crippen molar-refractivity contribution in [3.05, 3.63) is 89.7 Å². The van der Waals surface area contributed by atoms with Gasteiger partial charge in [0.25, 0.3) is 5.91 Å². The first-order chi connectivity index (χ1) is 17.8. The maximum absolute atomic E-state index is 13.4. The first-order valence-corrected chi connectivity index (χ1v) is 12.9. The SMILES string of the molecule is CC(C)Oc1ccc(C(=O)NCC(c2ccc(N(C)C)cc2)N2CCN(c3ccc(F)cc3)CC2)cc1. The summed E-state index contributed by atoms with van der Waals surface area (Å²) in [5, 5.41) is 3.15. The second kappa shape index (κ2) is 12.1. The second-order valence-corrected chi connectivity index (χ2v) is 9.90. The zero-order valence-electron chi connectivity index (χ0n) is 22.2. The van der Waals surface area contributed by atoms with Crippen LogP contribution in [0.1, 0.15) is 35.8 Å². The van der Waals surface area contributed by atoms with E-state index in [1.807, 2.05) is 52.2 Å². The molecule has 1 amide bonds. The van der Waals surface area contributed by atoms with Crippen LogP contribution >= 0.6 is 0 Å². The van der Waals surface area contributed by atoms with Crippen molar-refractivity contribution in [3.8, 4) is 5.75 Å². The minimum absolute atomic E-state index is 0.0408. The molecule has 1 fully saturated rings. The first kappa shape index (κ1) is 26.5. The lowest BCUT2D eigenvalue weighted by Crippen LogP contribution is -2.50. The van der Waals surface area contributed by atoms with Gasteiger partial charge >= 0.3 is 0 Å². The first-order valence-electron chi connectivity index (χ1n) is 12.9. The number of piperazine rings is 1. The van der Waals surface area contributed by atoms with Crippen molar-refractivity contribution < 1.29 is 13.9 Å². The number of halogens is 1. The van der Waals surface area contributed by atoms with Crippen LogP contribution in [0.3, 0.4) is 0 Å². The fourth-order valence-corrected chi connectivity index (χ4v) is 4.64. The monoisotopic (exact) mass is 504 g/mol. The van der Waals surface area contributed by atoms with Crippen molar-refractivity contribution in [2.24, 2.45) is 0 Å². The molecule has 1 aliphatic rings. The van der Waals surface area contributed by atoms with Gasteiger partial charge in [-0.1, -0.05) is 12.1 Å². The lowest BCUT2D eigenvalue weighted by atomic mass is 10.0. The molecule has 0 bridgehead atoms. The number of carbonyl (C=O) groups excluding carboxylic acids is 1. The normalized spacial score (nSPS) is 14.9. The highest BCUT2D eigenvalue weighted by Crippen LogP contribution is 2.26. The summed E-state index contributed by atoms with van der Waals surface area (Å²) in [7, 11) is 4.05. The number of amides is 1. The lowest BCUT2D eigenvalue weighted by molar-refractivity contribution is 0.0930. The summed E-state index contributed by atoms with van der Waals surface area (Å²) >= 11 is 0. The number of benzene rings is 3. The third-order valence-corrected chi connectivity index (χ3v) is 6.69. The van der Waals surface area contributed by atoms with Crippen LogP contribution in [-0.2, 0) is 0 Å². The molecule has 4 rings (SSSR count). The molecule has 196 valence electrons. The van der Waals surface area contributed by atoms with Gasteiger partial charge in [-0.15, -0.1) is 0 Å². The maximum Gasteiger partial charge on any atom is 0.251 e. The average molecular weight is 505 g/mol. The Morgan fingerprint density at radius 3 is 2.11 bits per heavy atom. The molecule has 1 aliphatic heterocycles. The van der Waals surface area contributed by atoms with E-state index < -0.39 is 0 Å². The van der Waals surface area contributed by atoms with Crippen LogP contribution in [0, 0.1) is 5.82 Å². The van der Waals surface area contributed by atoms with Gasteiger partial charge in [-0.05, 0) is 80.1 Å². The molecule has 3 aromatic carbocycles. The Hall–Kier alpha value is -3.58. The van der Waals surface area contributed by atoms with Gasteiger partial charge < -0.3 is 19.9 Å². The summed E-state index contributed by atoms with van der Waals surface area (Å²) in [4.78, 5) is 19.8. The highest BCUT2D eigenvalue weighted by atomic mass is 19.1. The van der Waals surface area contributed by atoms with E-state index in [2.05, 4.69) is 44.3 Å². The van der Waals surface area contributed by atoms with Gasteiger partial charge in [0.15, 0.2) is 0 Å². The maximum atomic E-state index is 13.4. The van der Waals surface area contributed by atoms with Gasteiger partial charge in [0.1, 0.15) is 11.6 Å². The van der Waals surface area contributed by atoms with Gasteiger partial charge in [-0.3, -0.25) is 9.69 Å². The number of hydrogen-bond acceptors (Lipinski definition) is 5. The van der Waals surface area contributed by atoms with Crippen molar-refractivity contribution in [1.82, 2.24) is 10.2 Å². The molecule has 0 aliphatic carbocycles. The van der Waals surface area contributed by atoms with Crippen molar-refractivity contribution >= 4 is 17.3 Å². The Morgan fingerprint density at radius 1 is 0.919 bits per heavy atom. The molecule has 37 heavy (non-hydrogen) atoms. The van der Waals surface area contributed by atoms with Crippen molar-refractivity contribution in [2.45, 2.75) is 26.0 Å². The molecule has 0 aromatic heterocycles. The second-order valence-electron chi connectivity index (χ2n) is 9.90. The fraction of sp³-hybridized carbons (Fsp3) is 0.367. The highest BCUT2D eigenvalue weighted by molar-refractivity contribution is 5.94. The van der Waals surface area contributed by atoms with E-state index in [1.54, 1.807) is 12.1 Å². The number of anilines is 2. The van der Waals surface area contributed by atoms with Crippen molar-refractivity contribution in [3.63, 3.8) is 0 Å². The minimum atomic E-state index is -0.221. The molecule has 0 saturated carbocycles. The summed E-state index contributed by atoms with van der Waals surface area (Å²) in [5.41, 5.74) is 3.95. The minimum Gasteiger partial charge on any atom is -0.491 e. The van der Waals surface area contributed by atoms with Gasteiger partial charge in [0.05, 0.1) is 12.1 Å². The standard InChI is InChI=1S/C30H37FN4O2/c1-22(2)37-28-15-7-24(8-16-28)30(36)32-21-29(23-5-11-26(12-6-23)33(3)4)35-19-17-34(18-20-35)27-13-9-25(31)10-14-27/h5-16,22,29H,17-21H2,1-4H3,(H,32,36). The highest BCUT2D eigenvalue weighted by Gasteiger charge is 2.26. The number of nitrogens with one attached hydrogen (secondary N) is 1. The topological polar surface area (TPSA) is 48.1 Å². The van der Waals surface area contributed by atoms with E-state index in [0.717, 1.165) is 43.3 Å². The molecule has 1 unspecified atom stereocenters. The van der Waals surface area contributed by atoms with Crippen LogP contribution in [0.2, 0.25) is 0 Å². The molecule has 1 atom stereocenters. The fourth-order valence-electron chi connectivity index (χ4n) is 4.64. The van der Waals surface area contributed by atoms with Gasteiger partial charge in [-0.2, -0.15) is 0 Å². The van der Waals surface area contributed by atoms with E-state index in [0.29, 0.717) is 12.1 Å². The van der Waals surface area contributed by atoms with E-state index in [9.17, 15) is 9.18 Å². The molecule has 6 nitrogen and oxygen atoms in total. The number of ether oxygens (including phenoxy) is 1. The van der Waals surface area contributed by atoms with E-state index in [4.69, 9.17) is 4.74 Å². The Bertz CT molecular complexity index is 1140. The predicted octanol–water partition coefficient (Wildman–Crippen LogP) is 4.97. The van der Waals surface area contributed by atoms with Crippen LogP contribution in [0.4, 0.5) is 15.8 Å². The number of carbonyl (C=O) groups is 1. The number of nitrogens with zero attached hydrogens (tertiary/aromatic N) is 3. The Balaban J connectivity index is 1.45. The van der Waals surface area contributed by atoms with Gasteiger partial charge in [-0.25, -0.2) is 4.39 Å². The van der Waals surface area contributed by atoms with Crippen molar-refractivity contribution in [2.75, 3.05) is 56.6 Å². The van der Waals surface area contributed by atoms with Crippen molar-refractivity contribution in [1.29, 1.82) is 0 Å². The largest absolute Gasteiger partial charge is 0.491 e. The smallest absolute Gasteiger partial charge is 0.251 e. The summed E-state index contributed by atoms with van der Waals surface area (Å²) in [6.45, 7) is 7.81. The summed E-state index contributed by atoms with van der Waals surface area (Å²) in [6.07, 6.45) is 0.0860. The molecule has 1 N–H and O–H groups in total. The summed E-state index contributed by atoms with van der Waals surface area (Å²) in [6, 6.07) is 22.5. The predicted molar refractivity (Wildman–Crippen MR) is 148 cm³/mol. The molecule has 0 spiro atoms. The van der Waals surface area contributed by atoms with Crippen LogP contribution in [-0.4, -0.2) is 63.7 Å². The average Bonchev–Trinajstić information content (AvgIpc) is 2.90. The Labute approximate surface area is 219 Å². The molecular weight excluding hydrogens is 467 g/mol. The Kier molecular flexibility index (Phi) is 8.66. The summed E-state index contributed by atoms with van der Waals surface area (Å²) in [5.74, 6) is 0.432. The zero-order valence-corrected chi connectivity index (χ0v) is 22.2. The van der Waals surface area contributed by atoms with E-state index >= 15 is 0 Å². The van der Waals surface area contributed by atoms with Crippen LogP contribution < -0.4 is 19.9 Å². The molecule has 0 radical (unpaired) electrons. The molecular formula is C30H37FN4O2. The summed E-state index contributed by atoms with van der Waals surface area (Å²) < 4.78 is 19.1. The molecule has 1 heterocycles. The third-order valence-electron chi connectivity index (χ3n) is 6.69. The third kappa shape index (κ3) is 7.01. The number of hydrogen-bond donors (Lipinski definition) is 1. The molecule has 3 aromatic rings. The lowest BCUT2D eigenvalue weighted by Gasteiger charge is -2.40. The van der Waals surface area contributed by atoms with E-state index in [1.165, 1.54) is 17.7 Å². The molecule has 1 saturated heterocycles. The van der Waals surface area contributed by atoms with Crippen LogP contribution in [0.25, 0.3) is 0 Å².